The van der Waals surface area contributed by atoms with Crippen molar-refractivity contribution in [3.05, 3.63) is 16.6 Å². The van der Waals surface area contributed by atoms with E-state index in [-0.39, 0.29) is 46.6 Å². The fourth-order valence-corrected chi connectivity index (χ4v) is 9.36. The average Bonchev–Trinajstić information content (AvgIpc) is 3.28. The number of nitrogens with zero attached hydrogens (tertiary/aromatic N) is 2. The highest BCUT2D eigenvalue weighted by molar-refractivity contribution is 8.00. The minimum Gasteiger partial charge on any atom is -0.458 e. The van der Waals surface area contributed by atoms with Gasteiger partial charge in [-0.3, -0.25) is 14.5 Å². The second kappa shape index (κ2) is 15.9. The summed E-state index contributed by atoms with van der Waals surface area (Å²) in [6, 6.07) is 0.264. The van der Waals surface area contributed by atoms with E-state index in [1.165, 1.54) is 0 Å². The van der Waals surface area contributed by atoms with Gasteiger partial charge < -0.3 is 13.9 Å². The summed E-state index contributed by atoms with van der Waals surface area (Å²) >= 11 is 3.25. The highest BCUT2D eigenvalue weighted by Gasteiger charge is 2.58. The number of methoxy groups -OCH3 is 1. The SMILES string of the molecule is CO[C@H]1CC(=O)O[C@H](/C(C)=C/c2csc(SC)n2)C[C@@H]2N(CCO[Si](C)(C)C(C)(C)C)[C@]2(C)CCC[C@H](C)[C@H](C)[C@@H](C)C(=O)C1(C)C. The second-order valence-corrected chi connectivity index (χ2v) is 23.3. The quantitative estimate of drug-likeness (QED) is 0.115. The van der Waals surface area contributed by atoms with Gasteiger partial charge in [-0.1, -0.05) is 80.0 Å². The van der Waals surface area contributed by atoms with Crippen molar-refractivity contribution >= 4 is 49.2 Å². The summed E-state index contributed by atoms with van der Waals surface area (Å²) in [5.74, 6) is 0.297. The largest absolute Gasteiger partial charge is 0.458 e. The Bertz CT molecular complexity index is 1260. The van der Waals surface area contributed by atoms with Crippen LogP contribution in [0.25, 0.3) is 6.08 Å². The van der Waals surface area contributed by atoms with Gasteiger partial charge in [0.1, 0.15) is 16.2 Å². The minimum atomic E-state index is -1.88. The van der Waals surface area contributed by atoms with Crippen molar-refractivity contribution < 1.29 is 23.5 Å². The number of thiazole rings is 1. The smallest absolute Gasteiger partial charge is 0.309 e. The summed E-state index contributed by atoms with van der Waals surface area (Å²) in [7, 11) is -0.283. The van der Waals surface area contributed by atoms with Crippen LogP contribution >= 0.6 is 23.1 Å². The summed E-state index contributed by atoms with van der Waals surface area (Å²) < 4.78 is 19.9. The molecule has 2 saturated heterocycles. The Balaban J connectivity index is 1.96. The van der Waals surface area contributed by atoms with E-state index in [0.717, 1.165) is 41.4 Å². The van der Waals surface area contributed by atoms with Crippen LogP contribution in [0.4, 0.5) is 0 Å². The Morgan fingerprint density at radius 2 is 1.87 bits per heavy atom. The maximum Gasteiger partial charge on any atom is 0.309 e. The molecule has 2 aliphatic heterocycles. The van der Waals surface area contributed by atoms with Gasteiger partial charge in [0.2, 0.25) is 0 Å². The molecule has 1 aromatic rings. The molecule has 0 saturated carbocycles. The van der Waals surface area contributed by atoms with Gasteiger partial charge in [0.15, 0.2) is 8.32 Å². The zero-order chi connectivity index (χ0) is 35.5. The second-order valence-electron chi connectivity index (χ2n) is 16.6. The summed E-state index contributed by atoms with van der Waals surface area (Å²) in [6.07, 6.45) is 7.02. The average molecular weight is 709 g/mol. The molecule has 268 valence electrons. The molecule has 3 rings (SSSR count). The lowest BCUT2D eigenvalue weighted by Crippen LogP contribution is -2.45. The molecule has 0 aliphatic carbocycles. The number of fused-ring (bicyclic) bond motifs is 1. The molecular formula is C37H64N2O5S2Si. The Morgan fingerprint density at radius 1 is 1.21 bits per heavy atom. The van der Waals surface area contributed by atoms with Crippen molar-refractivity contribution in [3.63, 3.8) is 0 Å². The van der Waals surface area contributed by atoms with E-state index >= 15 is 0 Å². The van der Waals surface area contributed by atoms with Crippen molar-refractivity contribution in [2.45, 2.75) is 148 Å². The van der Waals surface area contributed by atoms with Gasteiger partial charge in [0, 0.05) is 49.6 Å². The molecule has 0 bridgehead atoms. The number of esters is 1. The predicted molar refractivity (Wildman–Crippen MR) is 200 cm³/mol. The van der Waals surface area contributed by atoms with Crippen LogP contribution in [0.3, 0.4) is 0 Å². The topological polar surface area (TPSA) is 77.7 Å². The third kappa shape index (κ3) is 9.60. The molecule has 0 aromatic carbocycles. The number of cyclic esters (lactones) is 1. The third-order valence-electron chi connectivity index (χ3n) is 12.1. The van der Waals surface area contributed by atoms with Gasteiger partial charge in [-0.2, -0.15) is 0 Å². The Morgan fingerprint density at radius 3 is 2.45 bits per heavy atom. The Labute approximate surface area is 295 Å². The molecule has 2 aliphatic rings. The standard InChI is InChI=1S/C37H64N2O5S2Si/c1-24-16-15-17-37(10)30(39(37)18-19-43-47(13,14)35(5,6)7)21-29(25(2)20-28-23-46-34(38-28)45-12)44-32(40)22-31(42-11)36(8,9)33(41)27(4)26(24)3/h20,23-24,26-27,29-31H,15-19,21-22H2,1-14H3/b25-20+/t24-,26-,27+,29-,30-,31-,37+,39?/m0/s1. The Hall–Kier alpha value is -1.04. The first kappa shape index (κ1) is 40.4. The molecule has 0 N–H and O–H groups in total. The molecule has 2 fully saturated rings. The zero-order valence-corrected chi connectivity index (χ0v) is 34.5. The van der Waals surface area contributed by atoms with E-state index in [9.17, 15) is 9.59 Å². The maximum absolute atomic E-state index is 13.9. The monoisotopic (exact) mass is 708 g/mol. The van der Waals surface area contributed by atoms with E-state index in [1.54, 1.807) is 30.2 Å². The van der Waals surface area contributed by atoms with Crippen LogP contribution in [-0.2, 0) is 23.5 Å². The number of Topliss-reactive ketones (excluding diaryl/α,β-unsaturated/α-hetero) is 1. The molecule has 0 spiro atoms. The number of carbonyl (C=O) groups excluding carboxylic acids is 2. The van der Waals surface area contributed by atoms with E-state index < -0.39 is 25.9 Å². The number of thioether (sulfide) groups is 1. The first-order valence-corrected chi connectivity index (χ1v) is 22.6. The summed E-state index contributed by atoms with van der Waals surface area (Å²) in [5, 5.41) is 2.21. The molecule has 0 radical (unpaired) electrons. The highest BCUT2D eigenvalue weighted by Crippen LogP contribution is 2.49. The van der Waals surface area contributed by atoms with Gasteiger partial charge in [-0.25, -0.2) is 4.98 Å². The summed E-state index contributed by atoms with van der Waals surface area (Å²) in [6.45, 7) is 27.8. The number of carbonyl (C=O) groups is 2. The lowest BCUT2D eigenvalue weighted by Gasteiger charge is -2.36. The van der Waals surface area contributed by atoms with Crippen molar-refractivity contribution in [1.82, 2.24) is 9.88 Å². The van der Waals surface area contributed by atoms with Gasteiger partial charge >= 0.3 is 5.97 Å². The fraction of sp³-hybridized carbons (Fsp3) is 0.811. The highest BCUT2D eigenvalue weighted by atomic mass is 32.2. The van der Waals surface area contributed by atoms with Gasteiger partial charge in [0.05, 0.1) is 23.6 Å². The van der Waals surface area contributed by atoms with E-state index in [1.807, 2.05) is 34.0 Å². The normalized spacial score (nSPS) is 33.3. The molecule has 47 heavy (non-hydrogen) atoms. The predicted octanol–water partition coefficient (Wildman–Crippen LogP) is 9.13. The first-order chi connectivity index (χ1) is 21.7. The van der Waals surface area contributed by atoms with E-state index in [0.29, 0.717) is 18.9 Å². The number of hydrogen-bond donors (Lipinski definition) is 0. The van der Waals surface area contributed by atoms with Crippen LogP contribution in [0, 0.1) is 23.2 Å². The molecule has 7 nitrogen and oxygen atoms in total. The molecule has 8 atom stereocenters. The third-order valence-corrected chi connectivity index (χ3v) is 18.5. The van der Waals surface area contributed by atoms with Gasteiger partial charge in [-0.05, 0) is 68.1 Å². The van der Waals surface area contributed by atoms with Crippen molar-refractivity contribution in [1.29, 1.82) is 0 Å². The molecule has 10 heteroatoms. The number of rotatable bonds is 8. The zero-order valence-electron chi connectivity index (χ0n) is 31.8. The first-order valence-electron chi connectivity index (χ1n) is 17.5. The Kier molecular flexibility index (Phi) is 13.6. The van der Waals surface area contributed by atoms with Crippen LogP contribution in [0.1, 0.15) is 107 Å². The van der Waals surface area contributed by atoms with Crippen molar-refractivity contribution in [2.75, 3.05) is 26.5 Å². The molecular weight excluding hydrogens is 645 g/mol. The number of ether oxygens (including phenoxy) is 2. The van der Waals surface area contributed by atoms with Crippen molar-refractivity contribution in [2.24, 2.45) is 23.2 Å². The molecule has 0 amide bonds. The minimum absolute atomic E-state index is 0.00705. The van der Waals surface area contributed by atoms with Crippen LogP contribution in [0.2, 0.25) is 18.1 Å². The number of ketones is 1. The summed E-state index contributed by atoms with van der Waals surface area (Å²) in [5.41, 5.74) is 1.03. The van der Waals surface area contributed by atoms with Crippen molar-refractivity contribution in [3.8, 4) is 0 Å². The van der Waals surface area contributed by atoms with Gasteiger partial charge in [0.25, 0.3) is 0 Å². The summed E-state index contributed by atoms with van der Waals surface area (Å²) in [4.78, 5) is 35.0. The maximum atomic E-state index is 13.9. The number of hydrogen-bond acceptors (Lipinski definition) is 9. The van der Waals surface area contributed by atoms with E-state index in [4.69, 9.17) is 18.9 Å². The lowest BCUT2D eigenvalue weighted by atomic mass is 9.70. The van der Waals surface area contributed by atoms with Crippen LogP contribution in [0.15, 0.2) is 15.3 Å². The molecule has 3 heterocycles. The molecule has 1 unspecified atom stereocenters. The van der Waals surface area contributed by atoms with Crippen LogP contribution < -0.4 is 0 Å². The number of aromatic nitrogens is 1. The van der Waals surface area contributed by atoms with Crippen LogP contribution in [0.5, 0.6) is 0 Å². The van der Waals surface area contributed by atoms with E-state index in [2.05, 4.69) is 71.0 Å². The lowest BCUT2D eigenvalue weighted by molar-refractivity contribution is -0.155. The fourth-order valence-electron chi connectivity index (χ4n) is 7.10. The molecule has 1 aromatic heterocycles. The van der Waals surface area contributed by atoms with Gasteiger partial charge in [-0.15, -0.1) is 11.3 Å². The van der Waals surface area contributed by atoms with Crippen LogP contribution in [-0.4, -0.2) is 80.3 Å².